The minimum absolute atomic E-state index is 0.282. The van der Waals surface area contributed by atoms with Crippen molar-refractivity contribution in [3.05, 3.63) is 98.8 Å². The number of nitrogens with two attached hydrogens (primary N) is 1. The molecule has 0 radical (unpaired) electrons. The second kappa shape index (κ2) is 11.3. The summed E-state index contributed by atoms with van der Waals surface area (Å²) in [6.45, 7) is 3.28. The second-order valence-corrected chi connectivity index (χ2v) is 8.52. The fourth-order valence-electron chi connectivity index (χ4n) is 3.58. The molecule has 1 unspecified atom stereocenters. The van der Waals surface area contributed by atoms with Gasteiger partial charge in [-0.15, -0.1) is 0 Å². The van der Waals surface area contributed by atoms with Crippen molar-refractivity contribution in [2.24, 2.45) is 15.7 Å². The van der Waals surface area contributed by atoms with E-state index < -0.39 is 17.6 Å². The third-order valence-electron chi connectivity index (χ3n) is 5.24. The molecule has 0 aromatic heterocycles. The van der Waals surface area contributed by atoms with E-state index in [4.69, 9.17) is 5.73 Å². The van der Waals surface area contributed by atoms with Crippen molar-refractivity contribution in [3.8, 4) is 0 Å². The number of allylic oxidation sites excluding steroid dienone is 3. The third kappa shape index (κ3) is 6.32. The van der Waals surface area contributed by atoms with Gasteiger partial charge in [0.1, 0.15) is 17.7 Å². The fourth-order valence-corrected chi connectivity index (χ4v) is 4.01. The molecule has 7 heteroatoms. The van der Waals surface area contributed by atoms with E-state index in [0.29, 0.717) is 28.6 Å². The average molecular weight is 516 g/mol. The zero-order valence-electron chi connectivity index (χ0n) is 18.5. The van der Waals surface area contributed by atoms with Gasteiger partial charge < -0.3 is 5.73 Å². The van der Waals surface area contributed by atoms with Gasteiger partial charge in [0.15, 0.2) is 5.97 Å². The lowest BCUT2D eigenvalue weighted by Gasteiger charge is -2.32. The first-order valence-electron chi connectivity index (χ1n) is 10.6. The van der Waals surface area contributed by atoms with E-state index >= 15 is 0 Å². The highest BCUT2D eigenvalue weighted by Gasteiger charge is 2.33. The predicted octanol–water partition coefficient (Wildman–Crippen LogP) is 7.14. The number of hydrogen-bond donors (Lipinski definition) is 1. The summed E-state index contributed by atoms with van der Waals surface area (Å²) in [5, 5.41) is 0. The maximum Gasteiger partial charge on any atom is 0.185 e. The van der Waals surface area contributed by atoms with Crippen molar-refractivity contribution < 1.29 is 13.2 Å². The summed E-state index contributed by atoms with van der Waals surface area (Å²) in [4.78, 5) is 8.41. The normalized spacial score (nSPS) is 18.1. The third-order valence-corrected chi connectivity index (χ3v) is 5.67. The zero-order chi connectivity index (χ0) is 24.0. The first kappa shape index (κ1) is 24.7. The molecule has 1 aliphatic carbocycles. The summed E-state index contributed by atoms with van der Waals surface area (Å²) >= 11 is 3.37. The van der Waals surface area contributed by atoms with Gasteiger partial charge in [0.05, 0.1) is 4.61 Å². The Hall–Kier alpha value is -2.93. The Morgan fingerprint density at radius 1 is 1.15 bits per heavy atom. The molecule has 0 heterocycles. The molecule has 0 spiro atoms. The SMILES string of the molecule is CC\C=C/C(/C=N/C1/C(=C(\N)Br)c2ccc(CCc3ccc(F)cc3F)cc21)=C\N=C(/C)F. The van der Waals surface area contributed by atoms with Crippen LogP contribution in [0.25, 0.3) is 5.57 Å². The Labute approximate surface area is 200 Å². The number of fused-ring (bicyclic) bond motifs is 1. The number of nitrogens with zero attached hydrogens (tertiary/aromatic N) is 2. The smallest absolute Gasteiger partial charge is 0.185 e. The standard InChI is InChI=1S/C26H25BrF3N3/c1-3-4-5-18(14-32-16(2)28)15-33-25-22-12-17(7-11-21(22)24(25)26(27)31)6-8-19-9-10-20(29)13-23(19)30/h4-5,7,9-15,25H,3,6,8,31H2,1-2H3/b5-4-,18-14+,26-24-,32-16+,33-15+. The zero-order valence-corrected chi connectivity index (χ0v) is 20.0. The van der Waals surface area contributed by atoms with E-state index in [1.165, 1.54) is 25.3 Å². The Morgan fingerprint density at radius 3 is 2.61 bits per heavy atom. The molecule has 2 aromatic rings. The first-order valence-corrected chi connectivity index (χ1v) is 11.4. The molecule has 3 rings (SSSR count). The van der Waals surface area contributed by atoms with Crippen LogP contribution >= 0.6 is 15.9 Å². The molecule has 3 nitrogen and oxygen atoms in total. The minimum Gasteiger partial charge on any atom is -0.393 e. The van der Waals surface area contributed by atoms with E-state index in [1.807, 2.05) is 37.3 Å². The molecule has 0 bridgehead atoms. The van der Waals surface area contributed by atoms with Gasteiger partial charge >= 0.3 is 0 Å². The van der Waals surface area contributed by atoms with Crippen LogP contribution in [0, 0.1) is 11.6 Å². The number of hydrogen-bond acceptors (Lipinski definition) is 3. The molecule has 1 atom stereocenters. The minimum atomic E-state index is -0.584. The van der Waals surface area contributed by atoms with E-state index in [2.05, 4.69) is 25.9 Å². The molecule has 2 N–H and O–H groups in total. The first-order chi connectivity index (χ1) is 15.8. The summed E-state index contributed by atoms with van der Waals surface area (Å²) in [7, 11) is 0. The van der Waals surface area contributed by atoms with Crippen LogP contribution in [0.4, 0.5) is 13.2 Å². The molecule has 0 aliphatic heterocycles. The van der Waals surface area contributed by atoms with Crippen LogP contribution < -0.4 is 5.73 Å². The van der Waals surface area contributed by atoms with Crippen molar-refractivity contribution in [1.29, 1.82) is 0 Å². The highest BCUT2D eigenvalue weighted by Crippen LogP contribution is 2.49. The lowest BCUT2D eigenvalue weighted by atomic mass is 9.77. The molecular weight excluding hydrogens is 491 g/mol. The van der Waals surface area contributed by atoms with Crippen LogP contribution in [0.15, 0.2) is 74.9 Å². The van der Waals surface area contributed by atoms with Crippen LogP contribution in [-0.4, -0.2) is 12.2 Å². The highest BCUT2D eigenvalue weighted by molar-refractivity contribution is 9.11. The van der Waals surface area contributed by atoms with Gasteiger partial charge in [-0.25, -0.2) is 13.8 Å². The van der Waals surface area contributed by atoms with Gasteiger partial charge in [-0.2, -0.15) is 4.39 Å². The summed E-state index contributed by atoms with van der Waals surface area (Å²) in [5.41, 5.74) is 11.1. The molecule has 0 saturated heterocycles. The van der Waals surface area contributed by atoms with Crippen LogP contribution in [0.1, 0.15) is 48.6 Å². The van der Waals surface area contributed by atoms with Crippen LogP contribution in [0.3, 0.4) is 0 Å². The average Bonchev–Trinajstić information content (AvgIpc) is 2.75. The van der Waals surface area contributed by atoms with Crippen molar-refractivity contribution in [2.45, 2.75) is 39.2 Å². The second-order valence-electron chi connectivity index (χ2n) is 7.67. The Bertz CT molecular complexity index is 1170. The van der Waals surface area contributed by atoms with E-state index in [1.54, 1.807) is 6.21 Å². The lowest BCUT2D eigenvalue weighted by Crippen LogP contribution is -2.18. The van der Waals surface area contributed by atoms with Gasteiger partial charge in [-0.3, -0.25) is 4.99 Å². The highest BCUT2D eigenvalue weighted by atomic mass is 79.9. The molecule has 0 saturated carbocycles. The molecule has 0 fully saturated rings. The van der Waals surface area contributed by atoms with Crippen molar-refractivity contribution >= 4 is 33.7 Å². The van der Waals surface area contributed by atoms with Gasteiger partial charge in [0.25, 0.3) is 0 Å². The molecule has 1 aliphatic rings. The Morgan fingerprint density at radius 2 is 1.94 bits per heavy atom. The summed E-state index contributed by atoms with van der Waals surface area (Å²) in [6, 6.07) is 9.35. The Kier molecular flexibility index (Phi) is 8.44. The number of halogens is 4. The quantitative estimate of drug-likeness (QED) is 0.226. The summed E-state index contributed by atoms with van der Waals surface area (Å²) < 4.78 is 40.7. The molecule has 2 aromatic carbocycles. The summed E-state index contributed by atoms with van der Waals surface area (Å²) in [5.74, 6) is -1.66. The van der Waals surface area contributed by atoms with Crippen molar-refractivity contribution in [3.63, 3.8) is 0 Å². The molecular formula is C26H25BrF3N3. The number of rotatable bonds is 8. The van der Waals surface area contributed by atoms with Crippen LogP contribution in [-0.2, 0) is 12.8 Å². The van der Waals surface area contributed by atoms with Crippen LogP contribution in [0.5, 0.6) is 0 Å². The topological polar surface area (TPSA) is 50.7 Å². The summed E-state index contributed by atoms with van der Waals surface area (Å²) in [6.07, 6.45) is 8.75. The van der Waals surface area contributed by atoms with Gasteiger partial charge in [-0.05, 0) is 63.5 Å². The Balaban J connectivity index is 1.84. The lowest BCUT2D eigenvalue weighted by molar-refractivity contribution is 0.571. The maximum absolute atomic E-state index is 14.0. The fraction of sp³-hybridized carbons (Fsp3) is 0.231. The van der Waals surface area contributed by atoms with Crippen molar-refractivity contribution in [2.75, 3.05) is 0 Å². The molecule has 33 heavy (non-hydrogen) atoms. The number of benzene rings is 2. The van der Waals surface area contributed by atoms with Gasteiger partial charge in [0.2, 0.25) is 0 Å². The van der Waals surface area contributed by atoms with E-state index in [9.17, 15) is 13.2 Å². The number of aliphatic imine (C=N–C) groups is 2. The van der Waals surface area contributed by atoms with E-state index in [0.717, 1.165) is 34.8 Å². The monoisotopic (exact) mass is 515 g/mol. The molecule has 172 valence electrons. The number of aryl methyl sites for hydroxylation is 2. The largest absolute Gasteiger partial charge is 0.393 e. The van der Waals surface area contributed by atoms with Crippen molar-refractivity contribution in [1.82, 2.24) is 0 Å². The van der Waals surface area contributed by atoms with E-state index in [-0.39, 0.29) is 6.04 Å². The van der Waals surface area contributed by atoms with Crippen LogP contribution in [0.2, 0.25) is 0 Å². The molecule has 0 amide bonds. The van der Waals surface area contributed by atoms with Gasteiger partial charge in [-0.1, -0.05) is 43.3 Å². The predicted molar refractivity (Wildman–Crippen MR) is 133 cm³/mol. The van der Waals surface area contributed by atoms with Gasteiger partial charge in [0, 0.05) is 36.6 Å². The maximum atomic E-state index is 14.0.